The lowest BCUT2D eigenvalue weighted by Gasteiger charge is -2.15. The van der Waals surface area contributed by atoms with Crippen molar-refractivity contribution in [2.45, 2.75) is 0 Å². The summed E-state index contributed by atoms with van der Waals surface area (Å²) in [6.45, 7) is 0.764. The van der Waals surface area contributed by atoms with Crippen LogP contribution in [0.3, 0.4) is 0 Å². The molecule has 0 aromatic carbocycles. The third-order valence-corrected chi connectivity index (χ3v) is 5.43. The molecule has 1 aliphatic rings. The van der Waals surface area contributed by atoms with Gasteiger partial charge in [0.05, 0.1) is 43.6 Å². The first-order chi connectivity index (χ1) is 8.50. The van der Waals surface area contributed by atoms with E-state index in [0.29, 0.717) is 39.7 Å². The second kappa shape index (κ2) is 5.49. The predicted octanol–water partition coefficient (Wildman–Crippen LogP) is 0.907. The van der Waals surface area contributed by atoms with Gasteiger partial charge in [-0.1, -0.05) is 0 Å². The highest BCUT2D eigenvalue weighted by Crippen LogP contribution is 2.15. The van der Waals surface area contributed by atoms with E-state index in [0.717, 1.165) is 0 Å². The molecule has 6 nitrogen and oxygen atoms in total. The van der Waals surface area contributed by atoms with E-state index in [1.54, 1.807) is 6.07 Å². The molecule has 18 heavy (non-hydrogen) atoms. The molecule has 0 atom stereocenters. The Kier molecular flexibility index (Phi) is 4.17. The maximum atomic E-state index is 12.2. The summed E-state index contributed by atoms with van der Waals surface area (Å²) in [5.74, 6) is 0.464. The minimum absolute atomic E-state index is 0.304. The molecule has 0 radical (unpaired) electrons. The molecule has 2 N–H and O–H groups in total. The summed E-state index contributed by atoms with van der Waals surface area (Å²) in [6.07, 6.45) is 1.35. The van der Waals surface area contributed by atoms with E-state index in [1.165, 1.54) is 6.20 Å². The van der Waals surface area contributed by atoms with Gasteiger partial charge >= 0.3 is 0 Å². The zero-order chi connectivity index (χ0) is 13.2. The first-order valence-corrected chi connectivity index (χ1v) is 8.19. The molecule has 0 bridgehead atoms. The van der Waals surface area contributed by atoms with Crippen molar-refractivity contribution in [3.63, 3.8) is 0 Å². The first kappa shape index (κ1) is 13.7. The molecule has 8 heteroatoms. The third kappa shape index (κ3) is 3.18. The van der Waals surface area contributed by atoms with E-state index in [1.807, 2.05) is 22.6 Å². The fourth-order valence-electron chi connectivity index (χ4n) is 1.44. The van der Waals surface area contributed by atoms with Gasteiger partial charge in [-0.15, -0.1) is 0 Å². The summed E-state index contributed by atoms with van der Waals surface area (Å²) in [5, 5.41) is 0. The van der Waals surface area contributed by atoms with Crippen LogP contribution in [0.5, 0.6) is 0 Å². The van der Waals surface area contributed by atoms with Crippen molar-refractivity contribution >= 4 is 44.0 Å². The Bertz CT molecular complexity index is 584. The average molecular weight is 381 g/mol. The monoisotopic (exact) mass is 381 g/mol. The lowest BCUT2D eigenvalue weighted by Crippen LogP contribution is -2.26. The number of anilines is 1. The number of rotatable bonds is 1. The summed E-state index contributed by atoms with van der Waals surface area (Å²) in [5.41, 5.74) is 5.87. The van der Waals surface area contributed by atoms with Gasteiger partial charge in [0.2, 0.25) is 0 Å². The SMILES string of the molecule is Nc1ncc(C(=O)N=S2(=O)CCOCC2)cc1I. The number of carbonyl (C=O) groups is 1. The van der Waals surface area contributed by atoms with E-state index in [2.05, 4.69) is 9.35 Å². The molecule has 2 rings (SSSR count). The number of ether oxygens (including phenoxy) is 1. The van der Waals surface area contributed by atoms with Crippen molar-refractivity contribution in [2.24, 2.45) is 4.36 Å². The van der Waals surface area contributed by atoms with Crippen LogP contribution in [0.4, 0.5) is 5.82 Å². The Hall–Kier alpha value is -0.740. The molecule has 0 unspecified atom stereocenters. The minimum atomic E-state index is -2.47. The van der Waals surface area contributed by atoms with Crippen LogP contribution in [0, 0.1) is 3.57 Å². The topological polar surface area (TPSA) is 94.6 Å². The smallest absolute Gasteiger partial charge is 0.286 e. The van der Waals surface area contributed by atoms with Crippen molar-refractivity contribution in [3.8, 4) is 0 Å². The van der Waals surface area contributed by atoms with Gasteiger partial charge in [0, 0.05) is 6.20 Å². The molecule has 0 saturated carbocycles. The van der Waals surface area contributed by atoms with Gasteiger partial charge in [-0.05, 0) is 28.7 Å². The number of amides is 1. The second-order valence-corrected chi connectivity index (χ2v) is 7.49. The second-order valence-electron chi connectivity index (χ2n) is 3.78. The van der Waals surface area contributed by atoms with Crippen molar-refractivity contribution in [3.05, 3.63) is 21.4 Å². The standard InChI is InChI=1S/C10H12IN3O3S/c11-8-5-7(6-13-9(8)12)10(15)14-18(16)3-1-17-2-4-18/h5-6H,1-4H2,(H2,12,13). The fraction of sp³-hybridized carbons (Fsp3) is 0.400. The molecule has 1 aromatic rings. The molecular formula is C10H12IN3O3S. The van der Waals surface area contributed by atoms with Gasteiger partial charge in [-0.25, -0.2) is 9.19 Å². The molecular weight excluding hydrogens is 369 g/mol. The summed E-state index contributed by atoms with van der Waals surface area (Å²) in [4.78, 5) is 15.8. The maximum Gasteiger partial charge on any atom is 0.286 e. The lowest BCUT2D eigenvalue weighted by molar-refractivity contribution is 0.100. The first-order valence-electron chi connectivity index (χ1n) is 5.26. The van der Waals surface area contributed by atoms with Gasteiger partial charge in [0.25, 0.3) is 5.91 Å². The molecule has 0 aliphatic carbocycles. The summed E-state index contributed by atoms with van der Waals surface area (Å²) >= 11 is 1.98. The van der Waals surface area contributed by atoms with E-state index in [9.17, 15) is 9.00 Å². The van der Waals surface area contributed by atoms with Crippen LogP contribution in [0.2, 0.25) is 0 Å². The minimum Gasteiger partial charge on any atom is -0.383 e. The van der Waals surface area contributed by atoms with Crippen molar-refractivity contribution in [1.29, 1.82) is 0 Å². The van der Waals surface area contributed by atoms with Crippen LogP contribution in [0.15, 0.2) is 16.6 Å². The number of pyridine rings is 1. The molecule has 1 fully saturated rings. The quantitative estimate of drug-likeness (QED) is 0.730. The molecule has 1 aromatic heterocycles. The highest BCUT2D eigenvalue weighted by atomic mass is 127. The summed E-state index contributed by atoms with van der Waals surface area (Å²) in [7, 11) is -2.47. The number of halogens is 1. The van der Waals surface area contributed by atoms with Gasteiger partial charge < -0.3 is 10.5 Å². The van der Waals surface area contributed by atoms with Crippen molar-refractivity contribution < 1.29 is 13.7 Å². The van der Waals surface area contributed by atoms with E-state index < -0.39 is 15.6 Å². The van der Waals surface area contributed by atoms with E-state index in [-0.39, 0.29) is 0 Å². The summed E-state index contributed by atoms with van der Waals surface area (Å²) < 4.78 is 21.8. The Labute approximate surface area is 119 Å². The van der Waals surface area contributed by atoms with Gasteiger partial charge in [0.1, 0.15) is 5.82 Å². The van der Waals surface area contributed by atoms with E-state index in [4.69, 9.17) is 10.5 Å². The third-order valence-electron chi connectivity index (χ3n) is 2.46. The zero-order valence-electron chi connectivity index (χ0n) is 9.47. The highest BCUT2D eigenvalue weighted by molar-refractivity contribution is 14.1. The van der Waals surface area contributed by atoms with Crippen molar-refractivity contribution in [1.82, 2.24) is 4.98 Å². The Morgan fingerprint density at radius 1 is 1.50 bits per heavy atom. The number of nitrogen functional groups attached to an aromatic ring is 1. The zero-order valence-corrected chi connectivity index (χ0v) is 12.4. The van der Waals surface area contributed by atoms with Crippen LogP contribution in [-0.4, -0.2) is 39.8 Å². The number of carbonyl (C=O) groups excluding carboxylic acids is 1. The van der Waals surface area contributed by atoms with Gasteiger partial charge in [-0.3, -0.25) is 4.79 Å². The van der Waals surface area contributed by atoms with Crippen LogP contribution in [-0.2, 0) is 14.5 Å². The number of nitrogens with two attached hydrogens (primary N) is 1. The Morgan fingerprint density at radius 3 is 2.78 bits per heavy atom. The maximum absolute atomic E-state index is 12.2. The number of nitrogens with zero attached hydrogens (tertiary/aromatic N) is 2. The molecule has 1 saturated heterocycles. The van der Waals surface area contributed by atoms with Crippen LogP contribution in [0.25, 0.3) is 0 Å². The number of hydrogen-bond donors (Lipinski definition) is 1. The largest absolute Gasteiger partial charge is 0.383 e. The van der Waals surface area contributed by atoms with Crippen LogP contribution in [0.1, 0.15) is 10.4 Å². The van der Waals surface area contributed by atoms with Crippen LogP contribution < -0.4 is 5.73 Å². The predicted molar refractivity (Wildman–Crippen MR) is 76.8 cm³/mol. The van der Waals surface area contributed by atoms with Gasteiger partial charge in [0.15, 0.2) is 0 Å². The normalized spacial score (nSPS) is 18.3. The molecule has 0 spiro atoms. The molecule has 1 amide bonds. The fourth-order valence-corrected chi connectivity index (χ4v) is 3.47. The van der Waals surface area contributed by atoms with E-state index >= 15 is 0 Å². The lowest BCUT2D eigenvalue weighted by atomic mass is 10.3. The highest BCUT2D eigenvalue weighted by Gasteiger charge is 2.18. The Balaban J connectivity index is 2.29. The molecule has 98 valence electrons. The number of aromatic nitrogens is 1. The molecule has 1 aliphatic heterocycles. The van der Waals surface area contributed by atoms with Crippen molar-refractivity contribution in [2.75, 3.05) is 30.5 Å². The van der Waals surface area contributed by atoms with Crippen LogP contribution >= 0.6 is 22.6 Å². The Morgan fingerprint density at radius 2 is 2.17 bits per heavy atom. The average Bonchev–Trinajstić information content (AvgIpc) is 2.33. The molecule has 2 heterocycles. The number of hydrogen-bond acceptors (Lipinski definition) is 5. The summed E-state index contributed by atoms with van der Waals surface area (Å²) in [6, 6.07) is 1.59. The van der Waals surface area contributed by atoms with Gasteiger partial charge in [-0.2, -0.15) is 4.36 Å².